The normalized spacial score (nSPS) is 12.0. The molecule has 18 heavy (non-hydrogen) atoms. The Bertz CT molecular complexity index is 168. The Morgan fingerprint density at radius 3 is 1.89 bits per heavy atom. The molecule has 0 fully saturated rings. The van der Waals surface area contributed by atoms with Crippen LogP contribution in [0, 0.1) is 0 Å². The summed E-state index contributed by atoms with van der Waals surface area (Å²) in [4.78, 5) is 2.42. The topological polar surface area (TPSA) is 30.9 Å². The van der Waals surface area contributed by atoms with Gasteiger partial charge in [0.25, 0.3) is 0 Å². The van der Waals surface area contributed by atoms with E-state index in [0.29, 0.717) is 19.3 Å². The molecule has 0 aromatic heterocycles. The highest BCUT2D eigenvalue weighted by Gasteiger charge is 2.20. The molecule has 0 bridgehead atoms. The first-order chi connectivity index (χ1) is 8.73. The standard InChI is InChI=1S/C14H31NO3/c1-6-13(7-2)15(10-11-16-5)12-14(17-8-3)18-9-4/h13-14H,6-12H2,1-5H3. The van der Waals surface area contributed by atoms with Gasteiger partial charge in [-0.3, -0.25) is 4.90 Å². The lowest BCUT2D eigenvalue weighted by Crippen LogP contribution is -2.43. The van der Waals surface area contributed by atoms with Gasteiger partial charge in [-0.1, -0.05) is 13.8 Å². The zero-order valence-electron chi connectivity index (χ0n) is 12.8. The smallest absolute Gasteiger partial charge is 0.170 e. The molecule has 0 aromatic rings. The van der Waals surface area contributed by atoms with E-state index in [9.17, 15) is 0 Å². The van der Waals surface area contributed by atoms with Crippen molar-refractivity contribution in [2.45, 2.75) is 52.9 Å². The molecule has 0 N–H and O–H groups in total. The van der Waals surface area contributed by atoms with Crippen LogP contribution in [0.5, 0.6) is 0 Å². The van der Waals surface area contributed by atoms with Crippen molar-refractivity contribution >= 4 is 0 Å². The molecule has 4 heteroatoms. The third-order valence-corrected chi connectivity index (χ3v) is 3.13. The largest absolute Gasteiger partial charge is 0.383 e. The molecule has 0 rings (SSSR count). The summed E-state index contributed by atoms with van der Waals surface area (Å²) in [5.74, 6) is 0. The van der Waals surface area contributed by atoms with Crippen molar-refractivity contribution in [3.05, 3.63) is 0 Å². The molecule has 0 aliphatic rings. The quantitative estimate of drug-likeness (QED) is 0.505. The molecule has 0 saturated heterocycles. The minimum atomic E-state index is -0.127. The Morgan fingerprint density at radius 1 is 0.944 bits per heavy atom. The molecule has 0 aliphatic heterocycles. The fraction of sp³-hybridized carbons (Fsp3) is 1.00. The van der Waals surface area contributed by atoms with E-state index in [1.54, 1.807) is 7.11 Å². The summed E-state index contributed by atoms with van der Waals surface area (Å²) in [6.07, 6.45) is 2.16. The van der Waals surface area contributed by atoms with E-state index in [1.807, 2.05) is 13.8 Å². The molecule has 0 aromatic carbocycles. The highest BCUT2D eigenvalue weighted by atomic mass is 16.7. The van der Waals surface area contributed by atoms with Crippen LogP contribution in [-0.2, 0) is 14.2 Å². The highest BCUT2D eigenvalue weighted by molar-refractivity contribution is 4.70. The molecular formula is C14H31NO3. The van der Waals surface area contributed by atoms with Gasteiger partial charge in [0.2, 0.25) is 0 Å². The second-order valence-corrected chi connectivity index (χ2v) is 4.30. The van der Waals surface area contributed by atoms with Crippen LogP contribution in [0.15, 0.2) is 0 Å². The second kappa shape index (κ2) is 11.9. The highest BCUT2D eigenvalue weighted by Crippen LogP contribution is 2.11. The number of ether oxygens (including phenoxy) is 3. The van der Waals surface area contributed by atoms with Gasteiger partial charge in [0.15, 0.2) is 6.29 Å². The Kier molecular flexibility index (Phi) is 11.8. The van der Waals surface area contributed by atoms with Gasteiger partial charge in [-0.2, -0.15) is 0 Å². The van der Waals surface area contributed by atoms with Crippen molar-refractivity contribution < 1.29 is 14.2 Å². The number of hydrogen-bond donors (Lipinski definition) is 0. The first kappa shape index (κ1) is 17.8. The van der Waals surface area contributed by atoms with E-state index in [-0.39, 0.29) is 6.29 Å². The zero-order valence-corrected chi connectivity index (χ0v) is 12.8. The second-order valence-electron chi connectivity index (χ2n) is 4.30. The van der Waals surface area contributed by atoms with E-state index < -0.39 is 0 Å². The van der Waals surface area contributed by atoms with Crippen molar-refractivity contribution in [2.75, 3.05) is 40.0 Å². The lowest BCUT2D eigenvalue weighted by atomic mass is 10.1. The summed E-state index contributed by atoms with van der Waals surface area (Å²) in [7, 11) is 1.74. The van der Waals surface area contributed by atoms with Crippen LogP contribution in [0.3, 0.4) is 0 Å². The van der Waals surface area contributed by atoms with Crippen LogP contribution in [-0.4, -0.2) is 57.3 Å². The van der Waals surface area contributed by atoms with Gasteiger partial charge in [-0.25, -0.2) is 0 Å². The summed E-state index contributed by atoms with van der Waals surface area (Å²) < 4.78 is 16.4. The number of methoxy groups -OCH3 is 1. The maximum Gasteiger partial charge on any atom is 0.170 e. The molecule has 0 aliphatic carbocycles. The molecule has 0 spiro atoms. The predicted octanol–water partition coefficient (Wildman–Crippen LogP) is 2.52. The van der Waals surface area contributed by atoms with Gasteiger partial charge in [0, 0.05) is 39.5 Å². The molecule has 110 valence electrons. The van der Waals surface area contributed by atoms with Gasteiger partial charge in [0.05, 0.1) is 6.61 Å². The lowest BCUT2D eigenvalue weighted by molar-refractivity contribution is -0.151. The summed E-state index contributed by atoms with van der Waals surface area (Å²) in [6, 6.07) is 0.573. The Morgan fingerprint density at radius 2 is 1.50 bits per heavy atom. The van der Waals surface area contributed by atoms with E-state index in [2.05, 4.69) is 18.7 Å². The summed E-state index contributed by atoms with van der Waals surface area (Å²) in [6.45, 7) is 12.3. The van der Waals surface area contributed by atoms with Gasteiger partial charge in [0.1, 0.15) is 0 Å². The summed E-state index contributed by atoms with van der Waals surface area (Å²) in [5.41, 5.74) is 0. The van der Waals surface area contributed by atoms with Gasteiger partial charge in [-0.15, -0.1) is 0 Å². The van der Waals surface area contributed by atoms with Crippen molar-refractivity contribution in [1.29, 1.82) is 0 Å². The van der Waals surface area contributed by atoms with Crippen molar-refractivity contribution in [1.82, 2.24) is 4.90 Å². The Balaban J connectivity index is 4.40. The fourth-order valence-corrected chi connectivity index (χ4v) is 2.15. The fourth-order valence-electron chi connectivity index (χ4n) is 2.15. The number of hydrogen-bond acceptors (Lipinski definition) is 4. The third-order valence-electron chi connectivity index (χ3n) is 3.13. The summed E-state index contributed by atoms with van der Waals surface area (Å²) >= 11 is 0. The molecule has 0 unspecified atom stereocenters. The molecule has 0 radical (unpaired) electrons. The maximum atomic E-state index is 5.63. The van der Waals surface area contributed by atoms with Gasteiger partial charge >= 0.3 is 0 Å². The maximum absolute atomic E-state index is 5.63. The van der Waals surface area contributed by atoms with Crippen molar-refractivity contribution in [3.8, 4) is 0 Å². The predicted molar refractivity (Wildman–Crippen MR) is 74.9 cm³/mol. The monoisotopic (exact) mass is 261 g/mol. The molecular weight excluding hydrogens is 230 g/mol. The Labute approximate surface area is 113 Å². The van der Waals surface area contributed by atoms with E-state index >= 15 is 0 Å². The molecule has 0 heterocycles. The lowest BCUT2D eigenvalue weighted by Gasteiger charge is -2.33. The van der Waals surface area contributed by atoms with Crippen molar-refractivity contribution in [2.24, 2.45) is 0 Å². The SMILES string of the molecule is CCOC(CN(CCOC)C(CC)CC)OCC. The molecule has 0 saturated carbocycles. The molecule has 0 amide bonds. The summed E-state index contributed by atoms with van der Waals surface area (Å²) in [5, 5.41) is 0. The average Bonchev–Trinajstić information content (AvgIpc) is 2.37. The average molecular weight is 261 g/mol. The van der Waals surface area contributed by atoms with E-state index in [0.717, 1.165) is 32.5 Å². The first-order valence-electron chi connectivity index (χ1n) is 7.19. The van der Waals surface area contributed by atoms with Crippen LogP contribution < -0.4 is 0 Å². The molecule has 4 nitrogen and oxygen atoms in total. The molecule has 0 atom stereocenters. The van der Waals surface area contributed by atoms with Crippen LogP contribution in [0.4, 0.5) is 0 Å². The minimum absolute atomic E-state index is 0.127. The van der Waals surface area contributed by atoms with Crippen LogP contribution in [0.1, 0.15) is 40.5 Å². The van der Waals surface area contributed by atoms with E-state index in [4.69, 9.17) is 14.2 Å². The van der Waals surface area contributed by atoms with Crippen LogP contribution in [0.2, 0.25) is 0 Å². The number of nitrogens with zero attached hydrogens (tertiary/aromatic N) is 1. The first-order valence-corrected chi connectivity index (χ1v) is 7.19. The van der Waals surface area contributed by atoms with Crippen LogP contribution in [0.25, 0.3) is 0 Å². The zero-order chi connectivity index (χ0) is 13.8. The van der Waals surface area contributed by atoms with E-state index in [1.165, 1.54) is 0 Å². The number of rotatable bonds is 12. The minimum Gasteiger partial charge on any atom is -0.383 e. The van der Waals surface area contributed by atoms with Crippen molar-refractivity contribution in [3.63, 3.8) is 0 Å². The van der Waals surface area contributed by atoms with Crippen LogP contribution >= 0.6 is 0 Å². The van der Waals surface area contributed by atoms with Gasteiger partial charge in [-0.05, 0) is 26.7 Å². The Hall–Kier alpha value is -0.160. The van der Waals surface area contributed by atoms with Gasteiger partial charge < -0.3 is 14.2 Å². The third kappa shape index (κ3) is 7.31.